The van der Waals surface area contributed by atoms with Crippen LogP contribution in [0.5, 0.6) is 0 Å². The van der Waals surface area contributed by atoms with Crippen LogP contribution in [0, 0.1) is 0 Å². The minimum absolute atomic E-state index is 0.162. The number of carbonyl (C=O) groups excluding carboxylic acids is 2. The fourth-order valence-corrected chi connectivity index (χ4v) is 2.85. The number of ketones is 1. The Bertz CT molecular complexity index is 612. The van der Waals surface area contributed by atoms with E-state index in [2.05, 4.69) is 12.2 Å². The van der Waals surface area contributed by atoms with Gasteiger partial charge in [0.25, 0.3) is 0 Å². The van der Waals surface area contributed by atoms with Gasteiger partial charge in [-0.2, -0.15) is 8.78 Å². The summed E-state index contributed by atoms with van der Waals surface area (Å²) in [6.45, 7) is 7.04. The highest BCUT2D eigenvalue weighted by molar-refractivity contribution is 5.87. The molecule has 0 spiro atoms. The summed E-state index contributed by atoms with van der Waals surface area (Å²) in [6, 6.07) is 6.03. The molecule has 0 aliphatic carbocycles. The molecular formula is C22H33F2NO3. The first-order chi connectivity index (χ1) is 13.1. The summed E-state index contributed by atoms with van der Waals surface area (Å²) in [5.41, 5.74) is -0.669. The van der Waals surface area contributed by atoms with Gasteiger partial charge in [-0.05, 0) is 32.8 Å². The second-order valence-electron chi connectivity index (χ2n) is 8.05. The molecule has 1 rings (SSSR count). The third kappa shape index (κ3) is 8.36. The first-order valence-corrected chi connectivity index (χ1v) is 10.0. The van der Waals surface area contributed by atoms with E-state index in [4.69, 9.17) is 4.74 Å². The summed E-state index contributed by atoms with van der Waals surface area (Å²) in [5, 5.41) is 2.20. The zero-order valence-electron chi connectivity index (χ0n) is 17.4. The van der Waals surface area contributed by atoms with Crippen LogP contribution in [0.25, 0.3) is 0 Å². The summed E-state index contributed by atoms with van der Waals surface area (Å²) in [6.07, 6.45) is 4.18. The van der Waals surface area contributed by atoms with Crippen molar-refractivity contribution in [3.63, 3.8) is 0 Å². The Morgan fingerprint density at radius 3 is 2.14 bits per heavy atom. The quantitative estimate of drug-likeness (QED) is 0.452. The summed E-state index contributed by atoms with van der Waals surface area (Å²) in [5.74, 6) is -4.88. The number of amides is 1. The van der Waals surface area contributed by atoms with E-state index in [1.54, 1.807) is 39.0 Å². The lowest BCUT2D eigenvalue weighted by Gasteiger charge is -2.28. The molecule has 0 radical (unpaired) electrons. The number of nitrogens with one attached hydrogen (secondary N) is 1. The summed E-state index contributed by atoms with van der Waals surface area (Å²) >= 11 is 0. The minimum atomic E-state index is -3.72. The number of Topliss-reactive ketones (excluding diaryl/α,β-unsaturated/α-hetero) is 1. The van der Waals surface area contributed by atoms with Crippen molar-refractivity contribution in [3.8, 4) is 0 Å². The predicted molar refractivity (Wildman–Crippen MR) is 106 cm³/mol. The lowest BCUT2D eigenvalue weighted by atomic mass is 9.94. The molecule has 1 amide bonds. The molecule has 0 fully saturated rings. The van der Waals surface area contributed by atoms with Crippen LogP contribution < -0.4 is 5.32 Å². The van der Waals surface area contributed by atoms with Crippen LogP contribution in [0.3, 0.4) is 0 Å². The highest BCUT2D eigenvalue weighted by atomic mass is 19.3. The van der Waals surface area contributed by atoms with Crippen LogP contribution in [-0.2, 0) is 9.53 Å². The van der Waals surface area contributed by atoms with Crippen molar-refractivity contribution in [3.05, 3.63) is 35.9 Å². The summed E-state index contributed by atoms with van der Waals surface area (Å²) in [4.78, 5) is 24.4. The van der Waals surface area contributed by atoms with Gasteiger partial charge in [0.2, 0.25) is 5.78 Å². The lowest BCUT2D eigenvalue weighted by Crippen LogP contribution is -2.46. The molecule has 0 aliphatic rings. The van der Waals surface area contributed by atoms with Crippen molar-refractivity contribution >= 4 is 11.9 Å². The maximum atomic E-state index is 15.0. The smallest absolute Gasteiger partial charge is 0.408 e. The van der Waals surface area contributed by atoms with Crippen molar-refractivity contribution in [2.24, 2.45) is 0 Å². The number of unbranched alkanes of at least 4 members (excludes halogenated alkanes) is 5. The van der Waals surface area contributed by atoms with Crippen molar-refractivity contribution in [2.75, 3.05) is 0 Å². The number of benzene rings is 1. The first kappa shape index (κ1) is 24.1. The van der Waals surface area contributed by atoms with Gasteiger partial charge < -0.3 is 10.1 Å². The molecular weight excluding hydrogens is 364 g/mol. The average Bonchev–Trinajstić information content (AvgIpc) is 2.61. The molecule has 1 aromatic rings. The van der Waals surface area contributed by atoms with E-state index in [0.29, 0.717) is 6.42 Å². The van der Waals surface area contributed by atoms with Gasteiger partial charge in [0.1, 0.15) is 11.6 Å². The zero-order valence-corrected chi connectivity index (χ0v) is 17.4. The van der Waals surface area contributed by atoms with Crippen molar-refractivity contribution in [1.29, 1.82) is 0 Å². The van der Waals surface area contributed by atoms with Crippen molar-refractivity contribution in [1.82, 2.24) is 5.32 Å². The Balaban J connectivity index is 2.83. The third-order valence-corrected chi connectivity index (χ3v) is 4.29. The Morgan fingerprint density at radius 2 is 1.57 bits per heavy atom. The van der Waals surface area contributed by atoms with E-state index >= 15 is 0 Å². The minimum Gasteiger partial charge on any atom is -0.444 e. The molecule has 1 atom stereocenters. The monoisotopic (exact) mass is 397 g/mol. The second kappa shape index (κ2) is 11.1. The second-order valence-corrected chi connectivity index (χ2v) is 8.05. The predicted octanol–water partition coefficient (Wildman–Crippen LogP) is 6.21. The third-order valence-electron chi connectivity index (χ3n) is 4.29. The number of halogens is 2. The summed E-state index contributed by atoms with van der Waals surface area (Å²) in [7, 11) is 0. The Labute approximate surface area is 167 Å². The molecule has 0 aromatic heterocycles. The molecule has 4 nitrogen and oxygen atoms in total. The van der Waals surface area contributed by atoms with Gasteiger partial charge in [-0.3, -0.25) is 4.79 Å². The first-order valence-electron chi connectivity index (χ1n) is 10.0. The van der Waals surface area contributed by atoms with Crippen LogP contribution >= 0.6 is 0 Å². The van der Waals surface area contributed by atoms with E-state index in [1.165, 1.54) is 12.1 Å². The van der Waals surface area contributed by atoms with Crippen LogP contribution in [0.1, 0.15) is 84.2 Å². The molecule has 158 valence electrons. The highest BCUT2D eigenvalue weighted by Crippen LogP contribution is 2.34. The molecule has 6 heteroatoms. The standard InChI is InChI=1S/C22H33F2NO3/c1-5-6-7-8-9-13-16-18(26)22(23,24)19(17-14-11-10-12-15-17)25-20(27)28-21(2,3)4/h10-12,14-15,19H,5-9,13,16H2,1-4H3,(H,25,27). The number of hydrogen-bond donors (Lipinski definition) is 1. The SMILES string of the molecule is CCCCCCCCC(=O)C(F)(F)C(NC(=O)OC(C)(C)C)c1ccccc1. The fraction of sp³-hybridized carbons (Fsp3) is 0.636. The molecule has 28 heavy (non-hydrogen) atoms. The number of alkyl halides is 2. The highest BCUT2D eigenvalue weighted by Gasteiger charge is 2.48. The van der Waals surface area contributed by atoms with Gasteiger partial charge >= 0.3 is 12.0 Å². The molecule has 0 saturated heterocycles. The zero-order chi connectivity index (χ0) is 21.2. The van der Waals surface area contributed by atoms with Crippen molar-refractivity contribution in [2.45, 2.75) is 90.2 Å². The number of rotatable bonds is 11. The Morgan fingerprint density at radius 1 is 1.00 bits per heavy atom. The molecule has 1 aromatic carbocycles. The van der Waals surface area contributed by atoms with Gasteiger partial charge in [0.15, 0.2) is 0 Å². The Kier molecular flexibility index (Phi) is 9.56. The van der Waals surface area contributed by atoms with Crippen LogP contribution in [-0.4, -0.2) is 23.4 Å². The average molecular weight is 398 g/mol. The number of hydrogen-bond acceptors (Lipinski definition) is 3. The number of ether oxygens (including phenoxy) is 1. The van der Waals surface area contributed by atoms with Crippen LogP contribution in [0.4, 0.5) is 13.6 Å². The van der Waals surface area contributed by atoms with Gasteiger partial charge in [-0.25, -0.2) is 4.79 Å². The molecule has 0 heterocycles. The molecule has 1 N–H and O–H groups in total. The van der Waals surface area contributed by atoms with E-state index in [-0.39, 0.29) is 12.0 Å². The molecule has 0 bridgehead atoms. The topological polar surface area (TPSA) is 55.4 Å². The fourth-order valence-electron chi connectivity index (χ4n) is 2.85. The van der Waals surface area contributed by atoms with Crippen LogP contribution in [0.15, 0.2) is 30.3 Å². The van der Waals surface area contributed by atoms with E-state index in [1.807, 2.05) is 0 Å². The van der Waals surface area contributed by atoms with Gasteiger partial charge in [-0.1, -0.05) is 69.4 Å². The Hall–Kier alpha value is -1.98. The molecule has 0 aliphatic heterocycles. The van der Waals surface area contributed by atoms with E-state index in [0.717, 1.165) is 32.1 Å². The lowest BCUT2D eigenvalue weighted by molar-refractivity contribution is -0.147. The van der Waals surface area contributed by atoms with E-state index in [9.17, 15) is 18.4 Å². The largest absolute Gasteiger partial charge is 0.444 e. The molecule has 0 saturated carbocycles. The van der Waals surface area contributed by atoms with Gasteiger partial charge in [0, 0.05) is 6.42 Å². The van der Waals surface area contributed by atoms with Gasteiger partial charge in [0.05, 0.1) is 0 Å². The normalized spacial score (nSPS) is 13.1. The number of alkyl carbamates (subject to hydrolysis) is 1. The number of carbonyl (C=O) groups is 2. The van der Waals surface area contributed by atoms with Gasteiger partial charge in [-0.15, -0.1) is 0 Å². The van der Waals surface area contributed by atoms with E-state index < -0.39 is 29.4 Å². The maximum absolute atomic E-state index is 15.0. The van der Waals surface area contributed by atoms with Crippen LogP contribution in [0.2, 0.25) is 0 Å². The van der Waals surface area contributed by atoms with Crippen molar-refractivity contribution < 1.29 is 23.1 Å². The molecule has 1 unspecified atom stereocenters. The summed E-state index contributed by atoms with van der Waals surface area (Å²) < 4.78 is 35.0. The maximum Gasteiger partial charge on any atom is 0.408 e.